The van der Waals surface area contributed by atoms with Crippen LogP contribution in [0.3, 0.4) is 0 Å². The summed E-state index contributed by atoms with van der Waals surface area (Å²) < 4.78 is 0. The number of rotatable bonds is 6. The molecule has 0 atom stereocenters. The van der Waals surface area contributed by atoms with Crippen molar-refractivity contribution in [2.45, 2.75) is 6.42 Å². The van der Waals surface area contributed by atoms with E-state index in [0.29, 0.717) is 17.1 Å². The van der Waals surface area contributed by atoms with Crippen molar-refractivity contribution in [3.63, 3.8) is 0 Å². The number of halogens is 1. The summed E-state index contributed by atoms with van der Waals surface area (Å²) in [7, 11) is 1.96. The number of likely N-dealkylation sites (N-methyl/N-ethyl adjacent to an activating group) is 1. The van der Waals surface area contributed by atoms with Crippen LogP contribution in [0, 0.1) is 0 Å². The predicted octanol–water partition coefficient (Wildman–Crippen LogP) is 3.70. The molecule has 2 rings (SSSR count). The molecule has 2 aromatic rings. The maximum absolute atomic E-state index is 12.2. The zero-order valence-electron chi connectivity index (χ0n) is 11.6. The molecule has 0 amide bonds. The minimum atomic E-state index is 0.0613. The topological polar surface area (TPSA) is 20.3 Å². The summed E-state index contributed by atoms with van der Waals surface area (Å²) in [6, 6.07) is 17.5. The number of Topliss-reactive ketones (excluding diaryl/α,β-unsaturated/α-hetero) is 1. The minimum absolute atomic E-state index is 0.0613. The number of nitrogens with zero attached hydrogens (tertiary/aromatic N) is 1. The van der Waals surface area contributed by atoms with Crippen LogP contribution >= 0.6 is 11.6 Å². The molecule has 2 nitrogen and oxygen atoms in total. The average molecular weight is 288 g/mol. The fourth-order valence-corrected chi connectivity index (χ4v) is 2.30. The van der Waals surface area contributed by atoms with Gasteiger partial charge in [-0.25, -0.2) is 0 Å². The van der Waals surface area contributed by atoms with Gasteiger partial charge in [0.05, 0.1) is 11.6 Å². The third-order valence-corrected chi connectivity index (χ3v) is 3.54. The van der Waals surface area contributed by atoms with Crippen molar-refractivity contribution >= 4 is 17.4 Å². The van der Waals surface area contributed by atoms with Gasteiger partial charge in [0.2, 0.25) is 0 Å². The molecule has 104 valence electrons. The van der Waals surface area contributed by atoms with Gasteiger partial charge in [0.1, 0.15) is 0 Å². The molecule has 0 spiro atoms. The van der Waals surface area contributed by atoms with E-state index < -0.39 is 0 Å². The average Bonchev–Trinajstić information content (AvgIpc) is 2.46. The maximum Gasteiger partial charge on any atom is 0.178 e. The second kappa shape index (κ2) is 7.22. The van der Waals surface area contributed by atoms with Crippen LogP contribution in [0.5, 0.6) is 0 Å². The normalized spacial score (nSPS) is 10.8. The summed E-state index contributed by atoms with van der Waals surface area (Å²) in [4.78, 5) is 14.2. The first-order valence-electron chi connectivity index (χ1n) is 6.67. The van der Waals surface area contributed by atoms with Crippen LogP contribution in [0.1, 0.15) is 15.9 Å². The van der Waals surface area contributed by atoms with E-state index in [-0.39, 0.29) is 5.78 Å². The Morgan fingerprint density at radius 1 is 1.05 bits per heavy atom. The Kier molecular flexibility index (Phi) is 5.33. The number of carbonyl (C=O) groups excluding carboxylic acids is 1. The minimum Gasteiger partial charge on any atom is -0.299 e. The van der Waals surface area contributed by atoms with Gasteiger partial charge in [0.25, 0.3) is 0 Å². The number of carbonyl (C=O) groups is 1. The molecule has 0 bridgehead atoms. The highest BCUT2D eigenvalue weighted by molar-refractivity contribution is 6.34. The van der Waals surface area contributed by atoms with Gasteiger partial charge in [0.15, 0.2) is 5.78 Å². The first-order valence-corrected chi connectivity index (χ1v) is 7.05. The smallest absolute Gasteiger partial charge is 0.178 e. The highest BCUT2D eigenvalue weighted by Crippen LogP contribution is 2.15. The van der Waals surface area contributed by atoms with E-state index in [2.05, 4.69) is 12.1 Å². The van der Waals surface area contributed by atoms with Crippen LogP contribution in [0.4, 0.5) is 0 Å². The first kappa shape index (κ1) is 14.8. The van der Waals surface area contributed by atoms with Crippen LogP contribution in [0.2, 0.25) is 5.02 Å². The lowest BCUT2D eigenvalue weighted by Gasteiger charge is -2.16. The van der Waals surface area contributed by atoms with Gasteiger partial charge >= 0.3 is 0 Å². The second-order valence-corrected chi connectivity index (χ2v) is 5.28. The molecule has 0 aliphatic carbocycles. The molecule has 0 aliphatic rings. The van der Waals surface area contributed by atoms with Crippen molar-refractivity contribution < 1.29 is 4.79 Å². The first-order chi connectivity index (χ1) is 9.66. The van der Waals surface area contributed by atoms with Crippen molar-refractivity contribution in [3.8, 4) is 0 Å². The Bertz CT molecular complexity index is 568. The van der Waals surface area contributed by atoms with Gasteiger partial charge in [-0.05, 0) is 31.2 Å². The lowest BCUT2D eigenvalue weighted by atomic mass is 10.1. The Labute approximate surface area is 125 Å². The molecule has 20 heavy (non-hydrogen) atoms. The molecule has 0 N–H and O–H groups in total. The Hall–Kier alpha value is -1.64. The zero-order valence-corrected chi connectivity index (χ0v) is 12.3. The summed E-state index contributed by atoms with van der Waals surface area (Å²) in [6.07, 6.45) is 0.938. The van der Waals surface area contributed by atoms with E-state index in [1.807, 2.05) is 42.3 Å². The molecular weight excluding hydrogens is 270 g/mol. The predicted molar refractivity (Wildman–Crippen MR) is 83.4 cm³/mol. The van der Waals surface area contributed by atoms with Crippen LogP contribution in [-0.2, 0) is 6.42 Å². The van der Waals surface area contributed by atoms with Crippen LogP contribution in [-0.4, -0.2) is 30.8 Å². The SMILES string of the molecule is CN(CCc1ccccc1)CC(=O)c1ccccc1Cl. The van der Waals surface area contributed by atoms with E-state index in [1.165, 1.54) is 5.56 Å². The number of benzene rings is 2. The van der Waals surface area contributed by atoms with Crippen molar-refractivity contribution in [3.05, 3.63) is 70.7 Å². The standard InChI is InChI=1S/C17H18ClNO/c1-19(12-11-14-7-3-2-4-8-14)13-17(20)15-9-5-6-10-16(15)18/h2-10H,11-13H2,1H3. The molecule has 0 unspecified atom stereocenters. The summed E-state index contributed by atoms with van der Waals surface area (Å²) in [6.45, 7) is 1.23. The van der Waals surface area contributed by atoms with Gasteiger partial charge in [0, 0.05) is 12.1 Å². The van der Waals surface area contributed by atoms with Crippen LogP contribution in [0.15, 0.2) is 54.6 Å². The van der Waals surface area contributed by atoms with Gasteiger partial charge in [-0.2, -0.15) is 0 Å². The molecule has 3 heteroatoms. The molecule has 0 saturated carbocycles. The molecule has 0 radical (unpaired) electrons. The summed E-state index contributed by atoms with van der Waals surface area (Å²) in [5, 5.41) is 0.522. The second-order valence-electron chi connectivity index (χ2n) is 4.88. The number of ketones is 1. The molecule has 0 saturated heterocycles. The number of hydrogen-bond donors (Lipinski definition) is 0. The molecule has 0 aliphatic heterocycles. The quantitative estimate of drug-likeness (QED) is 0.755. The maximum atomic E-state index is 12.2. The van der Waals surface area contributed by atoms with Gasteiger partial charge in [-0.1, -0.05) is 54.1 Å². The molecular formula is C17H18ClNO. The van der Waals surface area contributed by atoms with E-state index in [0.717, 1.165) is 13.0 Å². The van der Waals surface area contributed by atoms with E-state index >= 15 is 0 Å². The molecule has 0 fully saturated rings. The molecule has 2 aromatic carbocycles. The lowest BCUT2D eigenvalue weighted by molar-refractivity contribution is 0.0947. The fraction of sp³-hybridized carbons (Fsp3) is 0.235. The Morgan fingerprint density at radius 3 is 2.40 bits per heavy atom. The van der Waals surface area contributed by atoms with E-state index in [4.69, 9.17) is 11.6 Å². The fourth-order valence-electron chi connectivity index (χ4n) is 2.06. The highest BCUT2D eigenvalue weighted by atomic mass is 35.5. The summed E-state index contributed by atoms with van der Waals surface area (Å²) in [5.74, 6) is 0.0613. The van der Waals surface area contributed by atoms with Crippen molar-refractivity contribution in [2.24, 2.45) is 0 Å². The highest BCUT2D eigenvalue weighted by Gasteiger charge is 2.12. The van der Waals surface area contributed by atoms with Crippen molar-refractivity contribution in [1.82, 2.24) is 4.90 Å². The van der Waals surface area contributed by atoms with Crippen LogP contribution < -0.4 is 0 Å². The van der Waals surface area contributed by atoms with Crippen molar-refractivity contribution in [2.75, 3.05) is 20.1 Å². The summed E-state index contributed by atoms with van der Waals surface area (Å²) >= 11 is 6.04. The monoisotopic (exact) mass is 287 g/mol. The van der Waals surface area contributed by atoms with E-state index in [1.54, 1.807) is 12.1 Å². The largest absolute Gasteiger partial charge is 0.299 e. The number of hydrogen-bond acceptors (Lipinski definition) is 2. The Morgan fingerprint density at radius 2 is 1.70 bits per heavy atom. The lowest BCUT2D eigenvalue weighted by Crippen LogP contribution is -2.28. The third kappa shape index (κ3) is 4.19. The van der Waals surface area contributed by atoms with Gasteiger partial charge < -0.3 is 0 Å². The Balaban J connectivity index is 1.87. The van der Waals surface area contributed by atoms with Crippen molar-refractivity contribution in [1.29, 1.82) is 0 Å². The zero-order chi connectivity index (χ0) is 14.4. The van der Waals surface area contributed by atoms with E-state index in [9.17, 15) is 4.79 Å². The molecule has 0 heterocycles. The van der Waals surface area contributed by atoms with Gasteiger partial charge in [-0.15, -0.1) is 0 Å². The van der Waals surface area contributed by atoms with Gasteiger partial charge in [-0.3, -0.25) is 9.69 Å². The summed E-state index contributed by atoms with van der Waals surface area (Å²) in [5.41, 5.74) is 1.88. The van der Waals surface area contributed by atoms with Crippen LogP contribution in [0.25, 0.3) is 0 Å². The third-order valence-electron chi connectivity index (χ3n) is 3.21. The molecule has 0 aromatic heterocycles.